The topological polar surface area (TPSA) is 120 Å². The van der Waals surface area contributed by atoms with E-state index in [1.165, 1.54) is 12.3 Å². The van der Waals surface area contributed by atoms with Crippen LogP contribution in [0.5, 0.6) is 5.75 Å². The van der Waals surface area contributed by atoms with E-state index >= 15 is 0 Å². The van der Waals surface area contributed by atoms with Gasteiger partial charge in [0.2, 0.25) is 5.82 Å². The second kappa shape index (κ2) is 5.78. The summed E-state index contributed by atoms with van der Waals surface area (Å²) in [6, 6.07) is 6.68. The van der Waals surface area contributed by atoms with Crippen molar-refractivity contribution >= 4 is 5.82 Å². The maximum Gasteiger partial charge on any atom is 0.262 e. The first-order chi connectivity index (χ1) is 10.7. The molecule has 0 spiro atoms. The first-order valence-corrected chi connectivity index (χ1v) is 6.42. The number of phenolic OH excluding ortho intramolecular Hbond substituents is 1. The molecule has 0 aliphatic rings. The van der Waals surface area contributed by atoms with Crippen LogP contribution in [-0.2, 0) is 11.3 Å². The van der Waals surface area contributed by atoms with Crippen LogP contribution in [0.3, 0.4) is 0 Å². The van der Waals surface area contributed by atoms with Gasteiger partial charge in [-0.05, 0) is 12.1 Å². The summed E-state index contributed by atoms with van der Waals surface area (Å²) >= 11 is 0. The lowest BCUT2D eigenvalue weighted by Crippen LogP contribution is -2.03. The number of methoxy groups -OCH3 is 1. The molecule has 22 heavy (non-hydrogen) atoms. The number of hydrogen-bond donors (Lipinski definition) is 2. The summed E-state index contributed by atoms with van der Waals surface area (Å²) in [6.45, 7) is 0.264. The van der Waals surface area contributed by atoms with Crippen LogP contribution in [0.15, 0.2) is 35.0 Å². The molecule has 0 amide bonds. The average Bonchev–Trinajstić information content (AvgIpc) is 2.97. The van der Waals surface area contributed by atoms with Crippen molar-refractivity contribution in [1.29, 1.82) is 0 Å². The Morgan fingerprint density at radius 1 is 1.23 bits per heavy atom. The quantitative estimate of drug-likeness (QED) is 0.745. The highest BCUT2D eigenvalue weighted by molar-refractivity contribution is 5.69. The molecule has 0 saturated heterocycles. The standard InChI is InChI=1S/C14H13N5O3/c1-21-7-11-16-6-9(12(15)17-11)13-18-14(22-19-13)8-4-2-3-5-10(8)20/h2-6,20H,7H2,1H3,(H2,15,16,17). The third-order valence-electron chi connectivity index (χ3n) is 2.94. The Hall–Kier alpha value is -3.00. The summed E-state index contributed by atoms with van der Waals surface area (Å²) in [5.41, 5.74) is 6.77. The van der Waals surface area contributed by atoms with Crippen LogP contribution in [0.2, 0.25) is 0 Å². The summed E-state index contributed by atoms with van der Waals surface area (Å²) in [5.74, 6) is 1.19. The largest absolute Gasteiger partial charge is 0.507 e. The summed E-state index contributed by atoms with van der Waals surface area (Å²) in [6.07, 6.45) is 1.51. The van der Waals surface area contributed by atoms with Gasteiger partial charge in [0, 0.05) is 13.3 Å². The summed E-state index contributed by atoms with van der Waals surface area (Å²) in [7, 11) is 1.55. The lowest BCUT2D eigenvalue weighted by Gasteiger charge is -2.02. The number of para-hydroxylation sites is 1. The number of aromatic hydroxyl groups is 1. The first-order valence-electron chi connectivity index (χ1n) is 6.42. The van der Waals surface area contributed by atoms with Gasteiger partial charge in [0.25, 0.3) is 5.89 Å². The Bertz CT molecular complexity index is 803. The molecule has 112 valence electrons. The summed E-state index contributed by atoms with van der Waals surface area (Å²) < 4.78 is 10.1. The van der Waals surface area contributed by atoms with Gasteiger partial charge in [-0.2, -0.15) is 4.98 Å². The van der Waals surface area contributed by atoms with Crippen LogP contribution in [-0.4, -0.2) is 32.3 Å². The molecule has 8 nitrogen and oxygen atoms in total. The Morgan fingerprint density at radius 2 is 2.05 bits per heavy atom. The molecule has 0 atom stereocenters. The van der Waals surface area contributed by atoms with E-state index in [0.29, 0.717) is 17.0 Å². The third kappa shape index (κ3) is 2.59. The van der Waals surface area contributed by atoms with Gasteiger partial charge >= 0.3 is 0 Å². The third-order valence-corrected chi connectivity index (χ3v) is 2.94. The maximum absolute atomic E-state index is 9.80. The van der Waals surface area contributed by atoms with Gasteiger partial charge in [0.15, 0.2) is 5.82 Å². The number of benzene rings is 1. The van der Waals surface area contributed by atoms with Crippen LogP contribution < -0.4 is 5.73 Å². The molecule has 1 aromatic carbocycles. The number of nitrogen functional groups attached to an aromatic ring is 1. The summed E-state index contributed by atoms with van der Waals surface area (Å²) in [5, 5.41) is 13.7. The second-order valence-electron chi connectivity index (χ2n) is 4.46. The number of nitrogens with two attached hydrogens (primary N) is 1. The molecule has 0 unspecified atom stereocenters. The first kappa shape index (κ1) is 14.0. The highest BCUT2D eigenvalue weighted by Crippen LogP contribution is 2.29. The fourth-order valence-electron chi connectivity index (χ4n) is 1.90. The van der Waals surface area contributed by atoms with Gasteiger partial charge in [0.05, 0.1) is 11.1 Å². The van der Waals surface area contributed by atoms with E-state index in [1.54, 1.807) is 25.3 Å². The molecule has 3 N–H and O–H groups in total. The molecular formula is C14H13N5O3. The fourth-order valence-corrected chi connectivity index (χ4v) is 1.90. The van der Waals surface area contributed by atoms with Gasteiger partial charge in [-0.1, -0.05) is 17.3 Å². The van der Waals surface area contributed by atoms with E-state index in [4.69, 9.17) is 15.0 Å². The number of nitrogens with zero attached hydrogens (tertiary/aromatic N) is 4. The molecule has 3 rings (SSSR count). The summed E-state index contributed by atoms with van der Waals surface area (Å²) in [4.78, 5) is 12.4. The molecule has 0 aliphatic heterocycles. The van der Waals surface area contributed by atoms with Crippen LogP contribution in [0.1, 0.15) is 5.82 Å². The predicted molar refractivity (Wildman–Crippen MR) is 77.6 cm³/mol. The van der Waals surface area contributed by atoms with E-state index in [1.807, 2.05) is 0 Å². The van der Waals surface area contributed by atoms with Gasteiger partial charge in [-0.25, -0.2) is 9.97 Å². The molecule has 0 fully saturated rings. The predicted octanol–water partition coefficient (Wildman–Crippen LogP) is 1.63. The van der Waals surface area contributed by atoms with E-state index in [-0.39, 0.29) is 29.9 Å². The minimum Gasteiger partial charge on any atom is -0.507 e. The fraction of sp³-hybridized carbons (Fsp3) is 0.143. The Morgan fingerprint density at radius 3 is 2.77 bits per heavy atom. The van der Waals surface area contributed by atoms with Crippen molar-refractivity contribution in [2.24, 2.45) is 0 Å². The van der Waals surface area contributed by atoms with E-state index < -0.39 is 0 Å². The number of phenols is 1. The van der Waals surface area contributed by atoms with Crippen molar-refractivity contribution in [3.8, 4) is 28.6 Å². The number of rotatable bonds is 4. The molecule has 0 radical (unpaired) electrons. The SMILES string of the molecule is COCc1ncc(-c2noc(-c3ccccc3O)n2)c(N)n1. The second-order valence-corrected chi connectivity index (χ2v) is 4.46. The number of anilines is 1. The number of ether oxygens (including phenoxy) is 1. The zero-order valence-corrected chi connectivity index (χ0v) is 11.7. The van der Waals surface area contributed by atoms with Crippen LogP contribution in [0, 0.1) is 0 Å². The average molecular weight is 299 g/mol. The van der Waals surface area contributed by atoms with Crippen LogP contribution in [0.4, 0.5) is 5.82 Å². The molecule has 0 bridgehead atoms. The van der Waals surface area contributed by atoms with Crippen LogP contribution >= 0.6 is 0 Å². The normalized spacial score (nSPS) is 10.8. The molecule has 0 saturated carbocycles. The maximum atomic E-state index is 9.80. The molecule has 2 heterocycles. The van der Waals surface area contributed by atoms with Gasteiger partial charge < -0.3 is 20.1 Å². The van der Waals surface area contributed by atoms with Crippen molar-refractivity contribution in [1.82, 2.24) is 20.1 Å². The van der Waals surface area contributed by atoms with E-state index in [2.05, 4.69) is 20.1 Å². The van der Waals surface area contributed by atoms with E-state index in [0.717, 1.165) is 0 Å². The lowest BCUT2D eigenvalue weighted by atomic mass is 10.2. The minimum atomic E-state index is 0.0531. The molecule has 2 aromatic heterocycles. The zero-order valence-electron chi connectivity index (χ0n) is 11.7. The Kier molecular flexibility index (Phi) is 3.67. The lowest BCUT2D eigenvalue weighted by molar-refractivity contribution is 0.178. The zero-order chi connectivity index (χ0) is 15.5. The highest BCUT2D eigenvalue weighted by Gasteiger charge is 2.16. The molecule has 8 heteroatoms. The Labute approximate surface area is 125 Å². The van der Waals surface area contributed by atoms with Crippen LogP contribution in [0.25, 0.3) is 22.8 Å². The number of hydrogen-bond acceptors (Lipinski definition) is 8. The van der Waals surface area contributed by atoms with Crippen molar-refractivity contribution in [2.75, 3.05) is 12.8 Å². The van der Waals surface area contributed by atoms with Crippen molar-refractivity contribution in [2.45, 2.75) is 6.61 Å². The molecular weight excluding hydrogens is 286 g/mol. The smallest absolute Gasteiger partial charge is 0.262 e. The van der Waals surface area contributed by atoms with Crippen molar-refractivity contribution in [3.05, 3.63) is 36.3 Å². The van der Waals surface area contributed by atoms with Crippen molar-refractivity contribution in [3.63, 3.8) is 0 Å². The van der Waals surface area contributed by atoms with E-state index in [9.17, 15) is 5.11 Å². The monoisotopic (exact) mass is 299 g/mol. The van der Waals surface area contributed by atoms with Crippen molar-refractivity contribution < 1.29 is 14.4 Å². The molecule has 0 aliphatic carbocycles. The van der Waals surface area contributed by atoms with Gasteiger partial charge in [-0.3, -0.25) is 0 Å². The molecule has 3 aromatic rings. The van der Waals surface area contributed by atoms with Gasteiger partial charge in [-0.15, -0.1) is 0 Å². The highest BCUT2D eigenvalue weighted by atomic mass is 16.5. The Balaban J connectivity index is 1.96. The van der Waals surface area contributed by atoms with Gasteiger partial charge in [0.1, 0.15) is 18.2 Å². The number of aromatic nitrogens is 4. The minimum absolute atomic E-state index is 0.0531.